The molecule has 1 N–H and O–H groups in total. The van der Waals surface area contributed by atoms with E-state index in [9.17, 15) is 14.4 Å². The van der Waals surface area contributed by atoms with Gasteiger partial charge in [-0.2, -0.15) is 0 Å². The van der Waals surface area contributed by atoms with Gasteiger partial charge in [-0.3, -0.25) is 9.59 Å². The van der Waals surface area contributed by atoms with Gasteiger partial charge in [0, 0.05) is 11.2 Å². The molecule has 0 bridgehead atoms. The highest BCUT2D eigenvalue weighted by atomic mass is 32.2. The number of rotatable bonds is 3. The second-order valence-corrected chi connectivity index (χ2v) is 6.95. The van der Waals surface area contributed by atoms with E-state index in [4.69, 9.17) is 4.74 Å². The summed E-state index contributed by atoms with van der Waals surface area (Å²) in [4.78, 5) is 36.9. The topological polar surface area (TPSA) is 75.7 Å². The second-order valence-electron chi connectivity index (χ2n) is 5.18. The molecule has 2 aliphatic rings. The van der Waals surface area contributed by atoms with E-state index >= 15 is 0 Å². The molecule has 2 fully saturated rings. The summed E-state index contributed by atoms with van der Waals surface area (Å²) in [5, 5.41) is 2.52. The summed E-state index contributed by atoms with van der Waals surface area (Å²) < 4.78 is 4.36. The molecule has 0 spiro atoms. The van der Waals surface area contributed by atoms with Crippen molar-refractivity contribution >= 4 is 29.5 Å². The molecule has 2 heterocycles. The van der Waals surface area contributed by atoms with Crippen LogP contribution in [0.2, 0.25) is 0 Å². The predicted octanol–water partition coefficient (Wildman–Crippen LogP) is 0.116. The average molecular weight is 286 g/mol. The van der Waals surface area contributed by atoms with Gasteiger partial charge < -0.3 is 15.0 Å². The van der Waals surface area contributed by atoms with Crippen LogP contribution >= 0.6 is 11.8 Å². The van der Waals surface area contributed by atoms with E-state index in [-0.39, 0.29) is 17.2 Å². The van der Waals surface area contributed by atoms with Crippen molar-refractivity contribution in [1.82, 2.24) is 10.2 Å². The summed E-state index contributed by atoms with van der Waals surface area (Å²) in [5.41, 5.74) is 0. The van der Waals surface area contributed by atoms with Gasteiger partial charge in [-0.1, -0.05) is 6.92 Å². The van der Waals surface area contributed by atoms with Crippen LogP contribution in [-0.4, -0.2) is 52.0 Å². The first-order valence-electron chi connectivity index (χ1n) is 6.20. The molecule has 0 aromatic heterocycles. The van der Waals surface area contributed by atoms with E-state index in [1.54, 1.807) is 6.92 Å². The lowest BCUT2D eigenvalue weighted by molar-refractivity contribution is -0.162. The fourth-order valence-corrected chi connectivity index (χ4v) is 4.13. The number of carbonyl (C=O) groups is 3. The van der Waals surface area contributed by atoms with Crippen LogP contribution in [0.25, 0.3) is 0 Å². The molecular formula is C12H18N2O4S. The zero-order valence-corrected chi connectivity index (χ0v) is 12.2. The minimum atomic E-state index is -0.588. The number of ether oxygens (including phenoxy) is 1. The normalized spacial score (nSPS) is 31.5. The first-order chi connectivity index (χ1) is 8.83. The molecule has 2 amide bonds. The SMILES string of the molecule is CCC(=O)NC1C(=O)N2C1SC(C)(C)C2C(=O)OC. The van der Waals surface area contributed by atoms with E-state index in [0.717, 1.165) is 0 Å². The molecule has 2 saturated heterocycles. The van der Waals surface area contributed by atoms with Gasteiger partial charge in [0.1, 0.15) is 17.5 Å². The van der Waals surface area contributed by atoms with Gasteiger partial charge in [0.2, 0.25) is 11.8 Å². The molecule has 106 valence electrons. The Bertz CT molecular complexity index is 437. The monoisotopic (exact) mass is 286 g/mol. The lowest BCUT2D eigenvalue weighted by Gasteiger charge is -2.43. The van der Waals surface area contributed by atoms with Crippen molar-refractivity contribution in [2.75, 3.05) is 7.11 Å². The highest BCUT2D eigenvalue weighted by Gasteiger charge is 2.64. The smallest absolute Gasteiger partial charge is 0.330 e. The Balaban J connectivity index is 2.17. The van der Waals surface area contributed by atoms with E-state index < -0.39 is 22.8 Å². The summed E-state index contributed by atoms with van der Waals surface area (Å²) in [5.74, 6) is -0.771. The van der Waals surface area contributed by atoms with E-state index in [0.29, 0.717) is 6.42 Å². The van der Waals surface area contributed by atoms with Gasteiger partial charge in [0.15, 0.2) is 0 Å². The zero-order valence-electron chi connectivity index (χ0n) is 11.4. The van der Waals surface area contributed by atoms with Crippen LogP contribution in [0.15, 0.2) is 0 Å². The Kier molecular flexibility index (Phi) is 3.51. The third kappa shape index (κ3) is 2.09. The molecule has 19 heavy (non-hydrogen) atoms. The summed E-state index contributed by atoms with van der Waals surface area (Å²) in [6.07, 6.45) is 0.338. The minimum absolute atomic E-state index is 0.155. The first kappa shape index (κ1) is 14.2. The Morgan fingerprint density at radius 1 is 1.47 bits per heavy atom. The lowest BCUT2D eigenvalue weighted by Crippen LogP contribution is -2.70. The lowest BCUT2D eigenvalue weighted by atomic mass is 9.96. The average Bonchev–Trinajstić information content (AvgIpc) is 2.63. The van der Waals surface area contributed by atoms with Crippen LogP contribution in [0.3, 0.4) is 0 Å². The number of fused-ring (bicyclic) bond motifs is 1. The van der Waals surface area contributed by atoms with Crippen molar-refractivity contribution in [1.29, 1.82) is 0 Å². The number of methoxy groups -OCH3 is 1. The largest absolute Gasteiger partial charge is 0.467 e. The van der Waals surface area contributed by atoms with E-state index in [2.05, 4.69) is 5.32 Å². The predicted molar refractivity (Wildman–Crippen MR) is 70.3 cm³/mol. The number of amides is 2. The summed E-state index contributed by atoms with van der Waals surface area (Å²) >= 11 is 1.52. The molecular weight excluding hydrogens is 268 g/mol. The fraction of sp³-hybridized carbons (Fsp3) is 0.750. The maximum absolute atomic E-state index is 12.1. The third-order valence-electron chi connectivity index (χ3n) is 3.50. The zero-order chi connectivity index (χ0) is 14.4. The van der Waals surface area contributed by atoms with Gasteiger partial charge in [0.25, 0.3) is 0 Å². The minimum Gasteiger partial charge on any atom is -0.467 e. The Morgan fingerprint density at radius 3 is 2.63 bits per heavy atom. The van der Waals surface area contributed by atoms with Gasteiger partial charge in [-0.05, 0) is 13.8 Å². The standard InChI is InChI=1S/C12H18N2O4S/c1-5-6(15)13-7-9(16)14-8(11(17)18-4)12(2,3)19-10(7)14/h7-8,10H,5H2,1-4H3,(H,13,15). The number of esters is 1. The first-order valence-corrected chi connectivity index (χ1v) is 7.08. The van der Waals surface area contributed by atoms with E-state index in [1.807, 2.05) is 13.8 Å². The number of carbonyl (C=O) groups excluding carboxylic acids is 3. The summed E-state index contributed by atoms with van der Waals surface area (Å²) in [6, 6.07) is -1.11. The van der Waals surface area contributed by atoms with Gasteiger partial charge in [-0.25, -0.2) is 4.79 Å². The highest BCUT2D eigenvalue weighted by Crippen LogP contribution is 2.50. The number of hydrogen-bond acceptors (Lipinski definition) is 5. The number of nitrogens with one attached hydrogen (secondary N) is 1. The molecule has 0 aromatic rings. The molecule has 7 heteroatoms. The molecule has 3 unspecified atom stereocenters. The number of thioether (sulfide) groups is 1. The maximum atomic E-state index is 12.1. The van der Waals surface area contributed by atoms with Crippen molar-refractivity contribution in [2.45, 2.75) is 49.4 Å². The third-order valence-corrected chi connectivity index (χ3v) is 5.07. The summed E-state index contributed by atoms with van der Waals surface area (Å²) in [7, 11) is 1.32. The van der Waals surface area contributed by atoms with Crippen molar-refractivity contribution in [3.8, 4) is 0 Å². The highest BCUT2D eigenvalue weighted by molar-refractivity contribution is 8.01. The molecule has 0 radical (unpaired) electrons. The van der Waals surface area contributed by atoms with Crippen LogP contribution in [0.5, 0.6) is 0 Å². The van der Waals surface area contributed by atoms with Gasteiger partial charge in [0.05, 0.1) is 7.11 Å². The Hall–Kier alpha value is -1.24. The van der Waals surface area contributed by atoms with Crippen LogP contribution in [-0.2, 0) is 19.1 Å². The molecule has 2 aliphatic heterocycles. The molecule has 0 aromatic carbocycles. The number of β-lactam (4-membered cyclic amide) rings is 1. The van der Waals surface area contributed by atoms with Crippen molar-refractivity contribution in [3.05, 3.63) is 0 Å². The fourth-order valence-electron chi connectivity index (χ4n) is 2.51. The van der Waals surface area contributed by atoms with Crippen molar-refractivity contribution in [3.63, 3.8) is 0 Å². The molecule has 0 aliphatic carbocycles. The molecule has 0 saturated carbocycles. The van der Waals surface area contributed by atoms with E-state index in [1.165, 1.54) is 23.8 Å². The van der Waals surface area contributed by atoms with Crippen molar-refractivity contribution in [2.24, 2.45) is 0 Å². The summed E-state index contributed by atoms with van der Waals surface area (Å²) in [6.45, 7) is 5.55. The van der Waals surface area contributed by atoms with Crippen LogP contribution in [0, 0.1) is 0 Å². The Morgan fingerprint density at radius 2 is 2.11 bits per heavy atom. The molecule has 2 rings (SSSR count). The second kappa shape index (κ2) is 4.70. The van der Waals surface area contributed by atoms with Gasteiger partial charge >= 0.3 is 5.97 Å². The Labute approximate surface area is 116 Å². The van der Waals surface area contributed by atoms with Crippen molar-refractivity contribution < 1.29 is 19.1 Å². The quantitative estimate of drug-likeness (QED) is 0.589. The molecule has 6 nitrogen and oxygen atoms in total. The molecule has 3 atom stereocenters. The van der Waals surface area contributed by atoms with Crippen LogP contribution in [0.4, 0.5) is 0 Å². The van der Waals surface area contributed by atoms with Crippen LogP contribution < -0.4 is 5.32 Å². The number of hydrogen-bond donors (Lipinski definition) is 1. The van der Waals surface area contributed by atoms with Crippen LogP contribution in [0.1, 0.15) is 27.2 Å². The van der Waals surface area contributed by atoms with Gasteiger partial charge in [-0.15, -0.1) is 11.8 Å². The maximum Gasteiger partial charge on any atom is 0.330 e. The number of nitrogens with zero attached hydrogens (tertiary/aromatic N) is 1.